The summed E-state index contributed by atoms with van der Waals surface area (Å²) in [5, 5.41) is 24.3. The standard InChI is InChI=1S/C25H17Cl2N3O2/c26-20-11-6-12-21(27)22(20)28-25(32)23(24(31)17-8-2-1-3-9-17)30-29-19-14-13-16-7-4-5-10-18(16)15-19/h1-15,31H,(H,28,32)/b24-23+,30-29?. The third-order valence-electron chi connectivity index (χ3n) is 4.69. The number of halogens is 2. The average molecular weight is 462 g/mol. The number of fused-ring (bicyclic) bond motifs is 1. The largest absolute Gasteiger partial charge is 0.505 e. The molecule has 0 aliphatic carbocycles. The first-order valence-electron chi connectivity index (χ1n) is 9.67. The molecule has 4 rings (SSSR count). The van der Waals surface area contributed by atoms with Gasteiger partial charge >= 0.3 is 0 Å². The Morgan fingerprint density at radius 1 is 0.781 bits per heavy atom. The normalized spacial score (nSPS) is 12.1. The highest BCUT2D eigenvalue weighted by atomic mass is 35.5. The number of anilines is 1. The minimum absolute atomic E-state index is 0.222. The van der Waals surface area contributed by atoms with Crippen LogP contribution in [-0.4, -0.2) is 11.0 Å². The van der Waals surface area contributed by atoms with Crippen LogP contribution in [0.15, 0.2) is 107 Å². The van der Waals surface area contributed by atoms with Crippen molar-refractivity contribution in [1.82, 2.24) is 0 Å². The molecule has 0 heterocycles. The molecule has 7 heteroatoms. The summed E-state index contributed by atoms with van der Waals surface area (Å²) in [5.41, 5.74) is 0.895. The zero-order chi connectivity index (χ0) is 22.5. The second-order valence-corrected chi connectivity index (χ2v) is 7.66. The Morgan fingerprint density at radius 3 is 2.16 bits per heavy atom. The van der Waals surface area contributed by atoms with E-state index in [1.54, 1.807) is 54.6 Å². The van der Waals surface area contributed by atoms with Gasteiger partial charge in [0.2, 0.25) is 0 Å². The number of hydrogen-bond acceptors (Lipinski definition) is 4. The second kappa shape index (κ2) is 9.64. The van der Waals surface area contributed by atoms with Gasteiger partial charge in [-0.25, -0.2) is 0 Å². The van der Waals surface area contributed by atoms with E-state index in [0.29, 0.717) is 11.3 Å². The lowest BCUT2D eigenvalue weighted by Crippen LogP contribution is -2.15. The van der Waals surface area contributed by atoms with Crippen molar-refractivity contribution < 1.29 is 9.90 Å². The van der Waals surface area contributed by atoms with Crippen LogP contribution in [0.4, 0.5) is 11.4 Å². The topological polar surface area (TPSA) is 74.0 Å². The number of rotatable bonds is 5. The first-order chi connectivity index (χ1) is 15.5. The average Bonchev–Trinajstić information content (AvgIpc) is 2.82. The number of nitrogens with one attached hydrogen (secondary N) is 1. The van der Waals surface area contributed by atoms with Crippen molar-refractivity contribution in [1.29, 1.82) is 0 Å². The van der Waals surface area contributed by atoms with E-state index >= 15 is 0 Å². The van der Waals surface area contributed by atoms with Gasteiger partial charge in [-0.3, -0.25) is 4.79 Å². The van der Waals surface area contributed by atoms with Crippen LogP contribution < -0.4 is 5.32 Å². The first kappa shape index (κ1) is 21.6. The quantitative estimate of drug-likeness (QED) is 0.180. The molecule has 32 heavy (non-hydrogen) atoms. The van der Waals surface area contributed by atoms with Gasteiger partial charge in [0.05, 0.1) is 21.4 Å². The number of carbonyl (C=O) groups is 1. The molecule has 0 saturated heterocycles. The maximum atomic E-state index is 13.1. The number of aliphatic hydroxyl groups excluding tert-OH is 1. The van der Waals surface area contributed by atoms with E-state index in [4.69, 9.17) is 23.2 Å². The van der Waals surface area contributed by atoms with Crippen LogP contribution >= 0.6 is 23.2 Å². The lowest BCUT2D eigenvalue weighted by atomic mass is 10.1. The molecule has 158 valence electrons. The van der Waals surface area contributed by atoms with Crippen molar-refractivity contribution in [2.75, 3.05) is 5.32 Å². The van der Waals surface area contributed by atoms with Crippen LogP contribution in [0, 0.1) is 0 Å². The van der Waals surface area contributed by atoms with E-state index in [2.05, 4.69) is 15.5 Å². The van der Waals surface area contributed by atoms with Gasteiger partial charge in [-0.05, 0) is 35.0 Å². The van der Waals surface area contributed by atoms with E-state index in [0.717, 1.165) is 10.8 Å². The highest BCUT2D eigenvalue weighted by molar-refractivity contribution is 6.40. The summed E-state index contributed by atoms with van der Waals surface area (Å²) in [4.78, 5) is 13.1. The SMILES string of the molecule is O=C(Nc1c(Cl)cccc1Cl)/C(N=Nc1ccc2ccccc2c1)=C(\O)c1ccccc1. The Hall–Kier alpha value is -3.67. The van der Waals surface area contributed by atoms with Gasteiger partial charge in [0.1, 0.15) is 0 Å². The number of nitrogens with zero attached hydrogens (tertiary/aromatic N) is 2. The van der Waals surface area contributed by atoms with E-state index in [1.807, 2.05) is 36.4 Å². The molecular formula is C25H17Cl2N3O2. The van der Waals surface area contributed by atoms with Gasteiger partial charge in [0.15, 0.2) is 11.5 Å². The van der Waals surface area contributed by atoms with Gasteiger partial charge in [-0.1, -0.05) is 89.9 Å². The van der Waals surface area contributed by atoms with E-state index in [1.165, 1.54) is 0 Å². The van der Waals surface area contributed by atoms with Gasteiger partial charge in [0, 0.05) is 5.56 Å². The van der Waals surface area contributed by atoms with E-state index < -0.39 is 5.91 Å². The number of amides is 1. The lowest BCUT2D eigenvalue weighted by Gasteiger charge is -2.10. The summed E-state index contributed by atoms with van der Waals surface area (Å²) < 4.78 is 0. The molecule has 5 nitrogen and oxygen atoms in total. The summed E-state index contributed by atoms with van der Waals surface area (Å²) in [6.45, 7) is 0. The minimum atomic E-state index is -0.703. The van der Waals surface area contributed by atoms with Crippen LogP contribution in [0.5, 0.6) is 0 Å². The number of hydrogen-bond donors (Lipinski definition) is 2. The molecule has 0 fully saturated rings. The zero-order valence-electron chi connectivity index (χ0n) is 16.7. The Labute approximate surface area is 194 Å². The number of benzene rings is 4. The van der Waals surface area contributed by atoms with Gasteiger partial charge in [-0.15, -0.1) is 5.11 Å². The monoisotopic (exact) mass is 461 g/mol. The third-order valence-corrected chi connectivity index (χ3v) is 5.32. The van der Waals surface area contributed by atoms with E-state index in [-0.39, 0.29) is 27.2 Å². The summed E-state index contributed by atoms with van der Waals surface area (Å²) in [7, 11) is 0. The molecular weight excluding hydrogens is 445 g/mol. The Balaban J connectivity index is 1.73. The number of para-hydroxylation sites is 1. The number of aliphatic hydroxyl groups is 1. The molecule has 0 radical (unpaired) electrons. The highest BCUT2D eigenvalue weighted by Gasteiger charge is 2.19. The number of carbonyl (C=O) groups excluding carboxylic acids is 1. The fraction of sp³-hybridized carbons (Fsp3) is 0. The van der Waals surface area contributed by atoms with Crippen molar-refractivity contribution in [3.05, 3.63) is 112 Å². The fourth-order valence-electron chi connectivity index (χ4n) is 3.07. The molecule has 4 aromatic rings. The first-order valence-corrected chi connectivity index (χ1v) is 10.4. The fourth-order valence-corrected chi connectivity index (χ4v) is 3.56. The van der Waals surface area contributed by atoms with Crippen LogP contribution in [0.2, 0.25) is 10.0 Å². The molecule has 0 aliphatic heterocycles. The number of azo groups is 1. The molecule has 0 unspecified atom stereocenters. The second-order valence-electron chi connectivity index (χ2n) is 6.85. The molecule has 4 aromatic carbocycles. The zero-order valence-corrected chi connectivity index (χ0v) is 18.2. The molecule has 0 aromatic heterocycles. The van der Waals surface area contributed by atoms with Gasteiger partial charge in [-0.2, -0.15) is 5.11 Å². The van der Waals surface area contributed by atoms with E-state index in [9.17, 15) is 9.90 Å². The van der Waals surface area contributed by atoms with Crippen molar-refractivity contribution in [2.24, 2.45) is 10.2 Å². The minimum Gasteiger partial charge on any atom is -0.505 e. The van der Waals surface area contributed by atoms with Crippen LogP contribution in [0.1, 0.15) is 5.56 Å². The maximum absolute atomic E-state index is 13.1. The summed E-state index contributed by atoms with van der Waals surface area (Å²) in [6.07, 6.45) is 0. The van der Waals surface area contributed by atoms with Crippen LogP contribution in [0.25, 0.3) is 16.5 Å². The Kier molecular flexibility index (Phi) is 6.50. The smallest absolute Gasteiger partial charge is 0.280 e. The molecule has 2 N–H and O–H groups in total. The van der Waals surface area contributed by atoms with Crippen LogP contribution in [0.3, 0.4) is 0 Å². The lowest BCUT2D eigenvalue weighted by molar-refractivity contribution is -0.112. The third kappa shape index (κ3) is 4.80. The predicted molar refractivity (Wildman–Crippen MR) is 130 cm³/mol. The predicted octanol–water partition coefficient (Wildman–Crippen LogP) is 7.80. The Bertz CT molecular complexity index is 1330. The van der Waals surface area contributed by atoms with Gasteiger partial charge < -0.3 is 10.4 Å². The van der Waals surface area contributed by atoms with Crippen molar-refractivity contribution in [3.8, 4) is 0 Å². The molecule has 1 amide bonds. The molecule has 0 atom stereocenters. The highest BCUT2D eigenvalue weighted by Crippen LogP contribution is 2.31. The van der Waals surface area contributed by atoms with Crippen molar-refractivity contribution >= 4 is 57.0 Å². The maximum Gasteiger partial charge on any atom is 0.280 e. The van der Waals surface area contributed by atoms with Crippen molar-refractivity contribution in [3.63, 3.8) is 0 Å². The summed E-state index contributed by atoms with van der Waals surface area (Å²) in [5.74, 6) is -1.03. The molecule has 0 aliphatic rings. The van der Waals surface area contributed by atoms with Gasteiger partial charge in [0.25, 0.3) is 5.91 Å². The molecule has 0 spiro atoms. The van der Waals surface area contributed by atoms with Crippen LogP contribution in [-0.2, 0) is 4.79 Å². The molecule has 0 bridgehead atoms. The molecule has 0 saturated carbocycles. The summed E-state index contributed by atoms with van der Waals surface area (Å²) >= 11 is 12.3. The van der Waals surface area contributed by atoms with Crippen molar-refractivity contribution in [2.45, 2.75) is 0 Å². The summed E-state index contributed by atoms with van der Waals surface area (Å²) in [6, 6.07) is 26.8. The Morgan fingerprint density at radius 2 is 1.44 bits per heavy atom.